The molecule has 146 valence electrons. The quantitative estimate of drug-likeness (QED) is 0.609. The van der Waals surface area contributed by atoms with Crippen molar-refractivity contribution in [2.75, 3.05) is 6.61 Å². The third kappa shape index (κ3) is 4.28. The fourth-order valence-corrected chi connectivity index (χ4v) is 3.25. The van der Waals surface area contributed by atoms with Crippen molar-refractivity contribution in [3.63, 3.8) is 0 Å². The number of hydrogen-bond donors (Lipinski definition) is 1. The average Bonchev–Trinajstić information content (AvgIpc) is 3.00. The predicted molar refractivity (Wildman–Crippen MR) is 115 cm³/mol. The fourth-order valence-electron chi connectivity index (χ4n) is 3.25. The van der Waals surface area contributed by atoms with Crippen molar-refractivity contribution in [1.82, 2.24) is 9.88 Å². The summed E-state index contributed by atoms with van der Waals surface area (Å²) in [6.45, 7) is 12.8. The summed E-state index contributed by atoms with van der Waals surface area (Å²) in [4.78, 5) is 13.1. The van der Waals surface area contributed by atoms with Crippen LogP contribution in [-0.2, 0) is 6.54 Å². The van der Waals surface area contributed by atoms with Gasteiger partial charge in [-0.15, -0.1) is 0 Å². The molecular weight excluding hydrogens is 348 g/mol. The summed E-state index contributed by atoms with van der Waals surface area (Å²) in [6, 6.07) is 16.1. The van der Waals surface area contributed by atoms with Crippen LogP contribution in [0.15, 0.2) is 61.2 Å². The monoisotopic (exact) mass is 376 g/mol. The molecule has 0 radical (unpaired) electrons. The lowest BCUT2D eigenvalue weighted by molar-refractivity contribution is 0.0911. The predicted octanol–water partition coefficient (Wildman–Crippen LogP) is 5.09. The van der Waals surface area contributed by atoms with Gasteiger partial charge in [0.25, 0.3) is 5.91 Å². The Bertz CT molecular complexity index is 1010. The summed E-state index contributed by atoms with van der Waals surface area (Å²) < 4.78 is 7.90. The van der Waals surface area contributed by atoms with Crippen molar-refractivity contribution in [2.45, 2.75) is 39.8 Å². The van der Waals surface area contributed by atoms with E-state index in [0.717, 1.165) is 16.7 Å². The van der Waals surface area contributed by atoms with E-state index in [0.29, 0.717) is 18.8 Å². The summed E-state index contributed by atoms with van der Waals surface area (Å²) >= 11 is 0. The second kappa shape index (κ2) is 7.93. The summed E-state index contributed by atoms with van der Waals surface area (Å²) in [5, 5.41) is 4.01. The lowest BCUT2D eigenvalue weighted by Crippen LogP contribution is -2.41. The number of hydrogen-bond acceptors (Lipinski definition) is 2. The first-order valence-corrected chi connectivity index (χ1v) is 9.53. The van der Waals surface area contributed by atoms with Gasteiger partial charge in [-0.05, 0) is 57.0 Å². The number of carbonyl (C=O) groups is 1. The van der Waals surface area contributed by atoms with Crippen LogP contribution in [0.3, 0.4) is 0 Å². The van der Waals surface area contributed by atoms with E-state index >= 15 is 0 Å². The number of fused-ring (bicyclic) bond motifs is 1. The Kier molecular flexibility index (Phi) is 5.59. The van der Waals surface area contributed by atoms with Crippen molar-refractivity contribution in [3.8, 4) is 5.75 Å². The van der Waals surface area contributed by atoms with Crippen LogP contribution in [0.2, 0.25) is 0 Å². The first kappa shape index (κ1) is 19.7. The highest BCUT2D eigenvalue weighted by atomic mass is 16.5. The molecule has 0 aliphatic heterocycles. The molecule has 0 saturated heterocycles. The maximum atomic E-state index is 13.1. The second-order valence-electron chi connectivity index (χ2n) is 8.03. The number of rotatable bonds is 6. The number of nitrogens with one attached hydrogen (secondary N) is 1. The van der Waals surface area contributed by atoms with Crippen LogP contribution in [0.1, 0.15) is 42.4 Å². The highest BCUT2D eigenvalue weighted by Gasteiger charge is 2.22. The largest absolute Gasteiger partial charge is 0.489 e. The molecule has 0 saturated carbocycles. The second-order valence-corrected chi connectivity index (χ2v) is 8.03. The zero-order valence-corrected chi connectivity index (χ0v) is 17.1. The van der Waals surface area contributed by atoms with Crippen LogP contribution in [0.4, 0.5) is 0 Å². The maximum Gasteiger partial charge on any atom is 0.268 e. The van der Waals surface area contributed by atoms with E-state index in [9.17, 15) is 4.79 Å². The molecule has 1 N–H and O–H groups in total. The molecule has 3 rings (SSSR count). The van der Waals surface area contributed by atoms with E-state index in [1.54, 1.807) is 6.08 Å². The number of ether oxygens (including phenoxy) is 1. The molecule has 0 fully saturated rings. The maximum absolute atomic E-state index is 13.1. The van der Waals surface area contributed by atoms with Gasteiger partial charge in [-0.3, -0.25) is 4.79 Å². The van der Waals surface area contributed by atoms with Gasteiger partial charge >= 0.3 is 0 Å². The molecule has 3 aromatic rings. The molecular formula is C24H28N2O2. The fraction of sp³-hybridized carbons (Fsp3) is 0.292. The van der Waals surface area contributed by atoms with Crippen molar-refractivity contribution in [2.24, 2.45) is 0 Å². The molecule has 4 heteroatoms. The van der Waals surface area contributed by atoms with E-state index in [1.165, 1.54) is 11.1 Å². The molecule has 1 amide bonds. The molecule has 0 unspecified atom stereocenters. The lowest BCUT2D eigenvalue weighted by atomic mass is 10.1. The Morgan fingerprint density at radius 3 is 2.61 bits per heavy atom. The summed E-state index contributed by atoms with van der Waals surface area (Å²) in [5.74, 6) is 0.665. The smallest absolute Gasteiger partial charge is 0.268 e. The van der Waals surface area contributed by atoms with Crippen LogP contribution in [0.25, 0.3) is 10.9 Å². The minimum absolute atomic E-state index is 0.0908. The van der Waals surface area contributed by atoms with E-state index < -0.39 is 0 Å². The van der Waals surface area contributed by atoms with Crippen molar-refractivity contribution in [3.05, 3.63) is 78.0 Å². The van der Waals surface area contributed by atoms with E-state index in [1.807, 2.05) is 57.2 Å². The number of nitrogens with zero attached hydrogens (tertiary/aromatic N) is 1. The van der Waals surface area contributed by atoms with Crippen molar-refractivity contribution < 1.29 is 9.53 Å². The molecule has 0 atom stereocenters. The molecule has 4 nitrogen and oxygen atoms in total. The van der Waals surface area contributed by atoms with Gasteiger partial charge in [0.2, 0.25) is 0 Å². The Morgan fingerprint density at radius 1 is 1.18 bits per heavy atom. The van der Waals surface area contributed by atoms with Gasteiger partial charge < -0.3 is 14.6 Å². The first-order valence-electron chi connectivity index (χ1n) is 9.53. The molecule has 0 aliphatic carbocycles. The summed E-state index contributed by atoms with van der Waals surface area (Å²) in [5.41, 5.74) is 3.67. The molecule has 0 aliphatic rings. The SMILES string of the molecule is C=CCOc1cccc2c1cc(C(=O)NC(C)(C)C)n2Cc1ccccc1C. The van der Waals surface area contributed by atoms with E-state index in [4.69, 9.17) is 4.74 Å². The zero-order chi connectivity index (χ0) is 20.3. The Balaban J connectivity index is 2.14. The minimum Gasteiger partial charge on any atom is -0.489 e. The van der Waals surface area contributed by atoms with E-state index in [2.05, 4.69) is 35.5 Å². The number of carbonyl (C=O) groups excluding carboxylic acids is 1. The zero-order valence-electron chi connectivity index (χ0n) is 17.1. The molecule has 2 aromatic carbocycles. The van der Waals surface area contributed by atoms with E-state index in [-0.39, 0.29) is 11.4 Å². The lowest BCUT2D eigenvalue weighted by Gasteiger charge is -2.21. The highest BCUT2D eigenvalue weighted by Crippen LogP contribution is 2.30. The highest BCUT2D eigenvalue weighted by molar-refractivity contribution is 6.00. The average molecular weight is 377 g/mol. The minimum atomic E-state index is -0.316. The molecule has 0 bridgehead atoms. The Labute approximate surface area is 166 Å². The van der Waals surface area contributed by atoms with Crippen LogP contribution in [-0.4, -0.2) is 22.6 Å². The number of amides is 1. The number of aromatic nitrogens is 1. The standard InChI is InChI=1S/C24H28N2O2/c1-6-14-28-22-13-9-12-20-19(22)15-21(23(27)25-24(3,4)5)26(20)16-18-11-8-7-10-17(18)2/h6-13,15H,1,14,16H2,2-5H3,(H,25,27). The molecule has 28 heavy (non-hydrogen) atoms. The van der Waals surface area contributed by atoms with Crippen LogP contribution in [0, 0.1) is 6.92 Å². The normalized spacial score (nSPS) is 11.4. The topological polar surface area (TPSA) is 43.3 Å². The van der Waals surface area contributed by atoms with Gasteiger partial charge in [0, 0.05) is 17.5 Å². The van der Waals surface area contributed by atoms with Crippen molar-refractivity contribution in [1.29, 1.82) is 0 Å². The summed E-state index contributed by atoms with van der Waals surface area (Å²) in [6.07, 6.45) is 1.72. The Hall–Kier alpha value is -3.01. The number of benzene rings is 2. The first-order chi connectivity index (χ1) is 13.3. The summed E-state index contributed by atoms with van der Waals surface area (Å²) in [7, 11) is 0. The van der Waals surface area contributed by atoms with Gasteiger partial charge in [0.1, 0.15) is 18.1 Å². The van der Waals surface area contributed by atoms with Crippen molar-refractivity contribution >= 4 is 16.8 Å². The third-order valence-electron chi connectivity index (χ3n) is 4.57. The Morgan fingerprint density at radius 2 is 1.93 bits per heavy atom. The molecule has 1 heterocycles. The van der Waals surface area contributed by atoms with Gasteiger partial charge in [-0.25, -0.2) is 0 Å². The third-order valence-corrected chi connectivity index (χ3v) is 4.57. The van der Waals surface area contributed by atoms with Gasteiger partial charge in [-0.1, -0.05) is 43.0 Å². The number of aryl methyl sites for hydroxylation is 1. The van der Waals surface area contributed by atoms with Crippen LogP contribution >= 0.6 is 0 Å². The van der Waals surface area contributed by atoms with Gasteiger partial charge in [-0.2, -0.15) is 0 Å². The van der Waals surface area contributed by atoms with Crippen LogP contribution in [0.5, 0.6) is 5.75 Å². The molecule has 0 spiro atoms. The van der Waals surface area contributed by atoms with Gasteiger partial charge in [0.15, 0.2) is 0 Å². The molecule has 1 aromatic heterocycles. The van der Waals surface area contributed by atoms with Crippen LogP contribution < -0.4 is 10.1 Å². The van der Waals surface area contributed by atoms with Gasteiger partial charge in [0.05, 0.1) is 5.52 Å².